The Morgan fingerprint density at radius 3 is 1.64 bits per heavy atom. The van der Waals surface area contributed by atoms with Crippen LogP contribution in [-0.4, -0.2) is 39.1 Å². The molecule has 0 aliphatic rings. The van der Waals surface area contributed by atoms with Crippen molar-refractivity contribution in [2.24, 2.45) is 0 Å². The molecule has 4 N–H and O–H groups in total. The minimum Gasteiger partial charge on any atom is -0.303 e. The minimum atomic E-state index is -4.15. The molecule has 0 aromatic carbocycles. The van der Waals surface area contributed by atoms with Crippen molar-refractivity contribution in [2.75, 3.05) is 13.7 Å². The van der Waals surface area contributed by atoms with Crippen LogP contribution in [0.1, 0.15) is 6.92 Å². The molecule has 0 unspecified atom stereocenters. The van der Waals surface area contributed by atoms with Crippen molar-refractivity contribution < 1.29 is 29.3 Å². The van der Waals surface area contributed by atoms with Gasteiger partial charge in [0, 0.05) is 13.7 Å². The summed E-state index contributed by atoms with van der Waals surface area (Å²) in [6, 6.07) is 0. The van der Waals surface area contributed by atoms with Gasteiger partial charge in [-0.15, -0.1) is 0 Å². The molecular weight excluding hydrogens is 177 g/mol. The van der Waals surface area contributed by atoms with Gasteiger partial charge in [-0.1, -0.05) is 5.23 Å². The first-order valence-corrected chi connectivity index (χ1v) is 4.13. The van der Waals surface area contributed by atoms with Gasteiger partial charge < -0.3 is 9.79 Å². The van der Waals surface area contributed by atoms with E-state index in [1.54, 1.807) is 6.92 Å². The molecule has 0 heterocycles. The minimum absolute atomic E-state index is 0.125. The fraction of sp³-hybridized carbons (Fsp3) is 1.00. The van der Waals surface area contributed by atoms with Crippen LogP contribution in [0.4, 0.5) is 0 Å². The second-order valence-electron chi connectivity index (χ2n) is 1.36. The standard InChI is InChI=1S/C2H7NO2.CH5O4P/c1-2-3(4)5;1-5-6(2,3)4/h4-5H,2H2,1H3;1H3,(H2,2,3,4). The molecule has 8 heteroatoms. The molecule has 0 atom stereocenters. The lowest BCUT2D eigenvalue weighted by atomic mass is 10.8. The van der Waals surface area contributed by atoms with Crippen molar-refractivity contribution in [3.63, 3.8) is 0 Å². The van der Waals surface area contributed by atoms with E-state index in [0.717, 1.165) is 7.11 Å². The Labute approximate surface area is 64.0 Å². The molecular formula is C3H12NO6P. The third-order valence-corrected chi connectivity index (χ3v) is 0.996. The summed E-state index contributed by atoms with van der Waals surface area (Å²) in [7, 11) is -3.20. The zero-order valence-electron chi connectivity index (χ0n) is 6.21. The Balaban J connectivity index is 0. The first-order chi connectivity index (χ1) is 4.83. The van der Waals surface area contributed by atoms with Crippen molar-refractivity contribution in [3.05, 3.63) is 0 Å². The first kappa shape index (κ1) is 13.6. The van der Waals surface area contributed by atoms with Gasteiger partial charge in [0.1, 0.15) is 0 Å². The third kappa shape index (κ3) is 25.6. The molecule has 70 valence electrons. The molecule has 0 saturated heterocycles. The lowest BCUT2D eigenvalue weighted by Crippen LogP contribution is -2.10. The van der Waals surface area contributed by atoms with Gasteiger partial charge in [-0.25, -0.2) is 4.57 Å². The second-order valence-corrected chi connectivity index (χ2v) is 2.71. The molecule has 0 aromatic heterocycles. The van der Waals surface area contributed by atoms with Crippen LogP contribution in [-0.2, 0) is 9.09 Å². The van der Waals surface area contributed by atoms with Crippen LogP contribution in [0.2, 0.25) is 0 Å². The van der Waals surface area contributed by atoms with Gasteiger partial charge in [0.15, 0.2) is 0 Å². The van der Waals surface area contributed by atoms with Crippen LogP contribution in [0, 0.1) is 0 Å². The molecule has 0 radical (unpaired) electrons. The van der Waals surface area contributed by atoms with Crippen LogP contribution < -0.4 is 0 Å². The summed E-state index contributed by atoms with van der Waals surface area (Å²) in [6.07, 6.45) is 0. The summed E-state index contributed by atoms with van der Waals surface area (Å²) in [5.41, 5.74) is 0. The zero-order chi connectivity index (χ0) is 9.49. The topological polar surface area (TPSA) is 110 Å². The summed E-state index contributed by atoms with van der Waals surface area (Å²) in [4.78, 5) is 15.4. The first-order valence-electron chi connectivity index (χ1n) is 2.60. The molecule has 0 amide bonds. The molecule has 0 bridgehead atoms. The van der Waals surface area contributed by atoms with Gasteiger partial charge in [-0.3, -0.25) is 14.9 Å². The van der Waals surface area contributed by atoms with E-state index in [4.69, 9.17) is 20.2 Å². The Morgan fingerprint density at radius 1 is 1.45 bits per heavy atom. The van der Waals surface area contributed by atoms with Gasteiger partial charge in [0.05, 0.1) is 0 Å². The summed E-state index contributed by atoms with van der Waals surface area (Å²) in [5, 5.41) is 15.6. The average molecular weight is 189 g/mol. The lowest BCUT2D eigenvalue weighted by molar-refractivity contribution is -0.303. The molecule has 0 spiro atoms. The maximum absolute atomic E-state index is 9.47. The van der Waals surface area contributed by atoms with E-state index in [2.05, 4.69) is 4.52 Å². The predicted octanol–water partition coefficient (Wildman–Crippen LogP) is -0.188. The molecule has 0 saturated carbocycles. The summed E-state index contributed by atoms with van der Waals surface area (Å²) in [6.45, 7) is 1.88. The number of nitrogens with zero attached hydrogens (tertiary/aromatic N) is 1. The van der Waals surface area contributed by atoms with Crippen LogP contribution in [0.3, 0.4) is 0 Å². The van der Waals surface area contributed by atoms with Crippen LogP contribution in [0.25, 0.3) is 0 Å². The van der Waals surface area contributed by atoms with Gasteiger partial charge >= 0.3 is 7.82 Å². The largest absolute Gasteiger partial charge is 0.469 e. The highest BCUT2D eigenvalue weighted by Gasteiger charge is 2.07. The maximum atomic E-state index is 9.47. The lowest BCUT2D eigenvalue weighted by Gasteiger charge is -1.95. The predicted molar refractivity (Wildman–Crippen MR) is 35.0 cm³/mol. The van der Waals surface area contributed by atoms with Crippen molar-refractivity contribution in [1.29, 1.82) is 0 Å². The van der Waals surface area contributed by atoms with Gasteiger partial charge in [-0.05, 0) is 6.92 Å². The molecule has 0 rings (SSSR count). The fourth-order valence-electron chi connectivity index (χ4n) is 0. The number of phosphoric ester groups is 1. The van der Waals surface area contributed by atoms with Crippen molar-refractivity contribution in [1.82, 2.24) is 5.23 Å². The Kier molecular flexibility index (Phi) is 8.25. The summed E-state index contributed by atoms with van der Waals surface area (Å²) < 4.78 is 13.1. The fourth-order valence-corrected chi connectivity index (χ4v) is 0. The highest BCUT2D eigenvalue weighted by molar-refractivity contribution is 7.46. The van der Waals surface area contributed by atoms with Crippen LogP contribution >= 0.6 is 7.82 Å². The number of rotatable bonds is 2. The maximum Gasteiger partial charge on any atom is 0.469 e. The highest BCUT2D eigenvalue weighted by atomic mass is 31.2. The van der Waals surface area contributed by atoms with Crippen molar-refractivity contribution in [2.45, 2.75) is 6.92 Å². The SMILES string of the molecule is CCN(O)O.COP(=O)(O)O. The van der Waals surface area contributed by atoms with Crippen molar-refractivity contribution in [3.8, 4) is 0 Å². The van der Waals surface area contributed by atoms with E-state index in [1.165, 1.54) is 0 Å². The molecule has 0 fully saturated rings. The quantitative estimate of drug-likeness (QED) is 0.352. The number of hydrogen-bond acceptors (Lipinski definition) is 5. The molecule has 7 nitrogen and oxygen atoms in total. The zero-order valence-corrected chi connectivity index (χ0v) is 7.10. The Bertz CT molecular complexity index is 121. The van der Waals surface area contributed by atoms with E-state index in [0.29, 0.717) is 0 Å². The average Bonchev–Trinajstić information content (AvgIpc) is 1.88. The van der Waals surface area contributed by atoms with E-state index in [1.807, 2.05) is 0 Å². The Hall–Kier alpha value is -0.0100. The number of phosphoric acid groups is 1. The molecule has 0 aromatic rings. The third-order valence-electron chi connectivity index (χ3n) is 0.521. The molecule has 0 aliphatic carbocycles. The summed E-state index contributed by atoms with van der Waals surface area (Å²) in [5.74, 6) is 0. The highest BCUT2D eigenvalue weighted by Crippen LogP contribution is 2.33. The smallest absolute Gasteiger partial charge is 0.303 e. The second kappa shape index (κ2) is 6.68. The summed E-state index contributed by atoms with van der Waals surface area (Å²) >= 11 is 0. The van der Waals surface area contributed by atoms with Crippen LogP contribution in [0.5, 0.6) is 0 Å². The van der Waals surface area contributed by atoms with Gasteiger partial charge in [-0.2, -0.15) is 0 Å². The number of hydrogen-bond donors (Lipinski definition) is 4. The molecule has 0 aliphatic heterocycles. The van der Waals surface area contributed by atoms with Gasteiger partial charge in [0.25, 0.3) is 0 Å². The van der Waals surface area contributed by atoms with E-state index in [-0.39, 0.29) is 11.8 Å². The van der Waals surface area contributed by atoms with Crippen molar-refractivity contribution >= 4 is 7.82 Å². The normalized spacial score (nSPS) is 10.8. The van der Waals surface area contributed by atoms with Gasteiger partial charge in [0.2, 0.25) is 0 Å². The van der Waals surface area contributed by atoms with E-state index < -0.39 is 7.82 Å². The van der Waals surface area contributed by atoms with Crippen LogP contribution in [0.15, 0.2) is 0 Å². The number of hydroxylamine groups is 2. The monoisotopic (exact) mass is 189 g/mol. The van der Waals surface area contributed by atoms with E-state index in [9.17, 15) is 4.57 Å². The van der Waals surface area contributed by atoms with E-state index >= 15 is 0 Å². The molecule has 11 heavy (non-hydrogen) atoms. The Morgan fingerprint density at radius 2 is 1.64 bits per heavy atom.